The van der Waals surface area contributed by atoms with Crippen LogP contribution < -0.4 is 10.5 Å². The van der Waals surface area contributed by atoms with Crippen LogP contribution in [0.2, 0.25) is 0 Å². The molecule has 128 valence electrons. The Morgan fingerprint density at radius 3 is 2.56 bits per heavy atom. The monoisotopic (exact) mass is 335 g/mol. The highest BCUT2D eigenvalue weighted by molar-refractivity contribution is 5.36. The summed E-state index contributed by atoms with van der Waals surface area (Å²) in [7, 11) is 0. The van der Waals surface area contributed by atoms with Crippen LogP contribution in [0.4, 0.5) is 0 Å². The van der Waals surface area contributed by atoms with Gasteiger partial charge in [-0.3, -0.25) is 0 Å². The Morgan fingerprint density at radius 1 is 1.12 bits per heavy atom. The number of hydrogen-bond acceptors (Lipinski definition) is 5. The maximum Gasteiger partial charge on any atom is 0.237 e. The largest absolute Gasteiger partial charge is 0.485 e. The highest BCUT2D eigenvalue weighted by Crippen LogP contribution is 2.47. The summed E-state index contributed by atoms with van der Waals surface area (Å²) in [4.78, 5) is 4.60. The molecule has 5 nitrogen and oxygen atoms in total. The van der Waals surface area contributed by atoms with Gasteiger partial charge in [0.05, 0.1) is 5.41 Å². The SMILES string of the molecule is Cc1ccccc1OCc1noc(C2(c3ccccc3)CC(N)C2)n1. The Bertz CT molecular complexity index is 854. The second kappa shape index (κ2) is 6.33. The zero-order chi connectivity index (χ0) is 17.3. The third-order valence-electron chi connectivity index (χ3n) is 4.88. The van der Waals surface area contributed by atoms with Crippen molar-refractivity contribution in [1.29, 1.82) is 0 Å². The Labute approximate surface area is 146 Å². The smallest absolute Gasteiger partial charge is 0.237 e. The third kappa shape index (κ3) is 2.91. The van der Waals surface area contributed by atoms with Gasteiger partial charge in [-0.15, -0.1) is 0 Å². The molecule has 0 radical (unpaired) electrons. The minimum absolute atomic E-state index is 0.166. The Hall–Kier alpha value is -2.66. The van der Waals surface area contributed by atoms with E-state index in [9.17, 15) is 0 Å². The summed E-state index contributed by atoms with van der Waals surface area (Å²) in [6, 6.07) is 18.3. The molecule has 0 saturated heterocycles. The van der Waals surface area contributed by atoms with Gasteiger partial charge in [0.15, 0.2) is 6.61 Å². The van der Waals surface area contributed by atoms with Gasteiger partial charge < -0.3 is 15.0 Å². The Morgan fingerprint density at radius 2 is 1.84 bits per heavy atom. The number of aromatic nitrogens is 2. The van der Waals surface area contributed by atoms with E-state index in [1.165, 1.54) is 5.56 Å². The van der Waals surface area contributed by atoms with Gasteiger partial charge in [0.1, 0.15) is 5.75 Å². The highest BCUT2D eigenvalue weighted by Gasteiger charge is 2.49. The van der Waals surface area contributed by atoms with Crippen LogP contribution in [0.5, 0.6) is 5.75 Å². The fourth-order valence-corrected chi connectivity index (χ4v) is 3.49. The zero-order valence-corrected chi connectivity index (χ0v) is 14.2. The predicted octanol–water partition coefficient (Wildman–Crippen LogP) is 3.36. The maximum atomic E-state index is 6.07. The quantitative estimate of drug-likeness (QED) is 0.774. The molecule has 1 saturated carbocycles. The van der Waals surface area contributed by atoms with Gasteiger partial charge in [-0.05, 0) is 37.0 Å². The molecule has 1 heterocycles. The molecule has 25 heavy (non-hydrogen) atoms. The van der Waals surface area contributed by atoms with Gasteiger partial charge >= 0.3 is 0 Å². The normalized spacial score (nSPS) is 22.4. The summed E-state index contributed by atoms with van der Waals surface area (Å²) < 4.78 is 11.4. The average Bonchev–Trinajstić information content (AvgIpc) is 3.08. The Kier molecular flexibility index (Phi) is 4.01. The molecule has 5 heteroatoms. The van der Waals surface area contributed by atoms with Gasteiger partial charge in [-0.25, -0.2) is 0 Å². The maximum absolute atomic E-state index is 6.07. The second-order valence-corrected chi connectivity index (χ2v) is 6.69. The van der Waals surface area contributed by atoms with E-state index >= 15 is 0 Å². The van der Waals surface area contributed by atoms with Crippen LogP contribution in [-0.4, -0.2) is 16.2 Å². The minimum Gasteiger partial charge on any atom is -0.485 e. The average molecular weight is 335 g/mol. The number of ether oxygens (including phenoxy) is 1. The van der Waals surface area contributed by atoms with Crippen molar-refractivity contribution >= 4 is 0 Å². The lowest BCUT2D eigenvalue weighted by atomic mass is 9.61. The summed E-state index contributed by atoms with van der Waals surface area (Å²) in [5.41, 5.74) is 8.06. The van der Waals surface area contributed by atoms with Gasteiger partial charge in [0.25, 0.3) is 0 Å². The van der Waals surface area contributed by atoms with E-state index in [2.05, 4.69) is 22.3 Å². The van der Waals surface area contributed by atoms with E-state index in [-0.39, 0.29) is 18.1 Å². The molecule has 0 atom stereocenters. The number of aryl methyl sites for hydroxylation is 1. The van der Waals surface area contributed by atoms with Crippen molar-refractivity contribution in [3.63, 3.8) is 0 Å². The summed E-state index contributed by atoms with van der Waals surface area (Å²) >= 11 is 0. The summed E-state index contributed by atoms with van der Waals surface area (Å²) in [6.45, 7) is 2.29. The first-order valence-electron chi connectivity index (χ1n) is 8.50. The molecule has 1 aliphatic carbocycles. The lowest BCUT2D eigenvalue weighted by Gasteiger charge is -2.43. The fraction of sp³-hybridized carbons (Fsp3) is 0.300. The summed E-state index contributed by atoms with van der Waals surface area (Å²) in [5, 5.41) is 4.11. The second-order valence-electron chi connectivity index (χ2n) is 6.69. The predicted molar refractivity (Wildman–Crippen MR) is 94.2 cm³/mol. The molecule has 0 bridgehead atoms. The van der Waals surface area contributed by atoms with E-state index in [1.54, 1.807) is 0 Å². The van der Waals surface area contributed by atoms with Crippen molar-refractivity contribution in [1.82, 2.24) is 10.1 Å². The molecule has 0 unspecified atom stereocenters. The third-order valence-corrected chi connectivity index (χ3v) is 4.88. The molecule has 2 N–H and O–H groups in total. The molecule has 0 spiro atoms. The number of para-hydroxylation sites is 1. The van der Waals surface area contributed by atoms with Gasteiger partial charge in [-0.2, -0.15) is 4.98 Å². The topological polar surface area (TPSA) is 74.2 Å². The van der Waals surface area contributed by atoms with Crippen LogP contribution in [0, 0.1) is 6.92 Å². The molecular formula is C20H21N3O2. The van der Waals surface area contributed by atoms with Crippen LogP contribution in [0.1, 0.15) is 35.7 Å². The molecule has 1 fully saturated rings. The lowest BCUT2D eigenvalue weighted by Crippen LogP contribution is -2.50. The van der Waals surface area contributed by atoms with E-state index in [4.69, 9.17) is 15.0 Å². The molecule has 1 aliphatic rings. The molecule has 3 aromatic rings. The van der Waals surface area contributed by atoms with Crippen molar-refractivity contribution in [2.75, 3.05) is 0 Å². The van der Waals surface area contributed by atoms with Gasteiger partial charge in [-0.1, -0.05) is 53.7 Å². The van der Waals surface area contributed by atoms with Crippen LogP contribution >= 0.6 is 0 Å². The number of nitrogens with zero attached hydrogens (tertiary/aromatic N) is 2. The van der Waals surface area contributed by atoms with E-state index in [0.29, 0.717) is 11.7 Å². The molecule has 2 aromatic carbocycles. The number of rotatable bonds is 5. The minimum atomic E-state index is -0.269. The van der Waals surface area contributed by atoms with Gasteiger partial charge in [0.2, 0.25) is 11.7 Å². The van der Waals surface area contributed by atoms with E-state index in [0.717, 1.165) is 24.2 Å². The molecule has 1 aromatic heterocycles. The first-order valence-corrected chi connectivity index (χ1v) is 8.50. The van der Waals surface area contributed by atoms with E-state index < -0.39 is 0 Å². The van der Waals surface area contributed by atoms with Crippen molar-refractivity contribution < 1.29 is 9.26 Å². The standard InChI is InChI=1S/C20H21N3O2/c1-14-7-5-6-10-17(14)24-13-18-22-19(25-23-18)20(11-16(21)12-20)15-8-3-2-4-9-15/h2-10,16H,11-13,21H2,1H3. The van der Waals surface area contributed by atoms with Crippen LogP contribution in [0.25, 0.3) is 0 Å². The molecular weight excluding hydrogens is 314 g/mol. The van der Waals surface area contributed by atoms with Crippen LogP contribution in [-0.2, 0) is 12.0 Å². The first kappa shape index (κ1) is 15.8. The highest BCUT2D eigenvalue weighted by atomic mass is 16.5. The number of nitrogens with two attached hydrogens (primary N) is 1. The van der Waals surface area contributed by atoms with Crippen molar-refractivity contribution in [3.05, 3.63) is 77.4 Å². The van der Waals surface area contributed by atoms with E-state index in [1.807, 2.05) is 49.4 Å². The van der Waals surface area contributed by atoms with Crippen LogP contribution in [0.3, 0.4) is 0 Å². The van der Waals surface area contributed by atoms with Crippen LogP contribution in [0.15, 0.2) is 59.1 Å². The fourth-order valence-electron chi connectivity index (χ4n) is 3.49. The number of hydrogen-bond donors (Lipinski definition) is 1. The lowest BCUT2D eigenvalue weighted by molar-refractivity contribution is 0.187. The number of benzene rings is 2. The van der Waals surface area contributed by atoms with Crippen molar-refractivity contribution in [2.45, 2.75) is 37.8 Å². The summed E-state index contributed by atoms with van der Waals surface area (Å²) in [6.07, 6.45) is 1.63. The summed E-state index contributed by atoms with van der Waals surface area (Å²) in [5.74, 6) is 2.01. The first-order chi connectivity index (χ1) is 12.2. The molecule has 4 rings (SSSR count). The van der Waals surface area contributed by atoms with Crippen molar-refractivity contribution in [2.24, 2.45) is 5.73 Å². The molecule has 0 aliphatic heterocycles. The molecule has 0 amide bonds. The van der Waals surface area contributed by atoms with Gasteiger partial charge in [0, 0.05) is 6.04 Å². The van der Waals surface area contributed by atoms with Crippen molar-refractivity contribution in [3.8, 4) is 5.75 Å². The zero-order valence-electron chi connectivity index (χ0n) is 14.2. The Balaban J connectivity index is 1.55.